The van der Waals surface area contributed by atoms with Crippen molar-refractivity contribution in [1.29, 1.82) is 0 Å². The molecule has 1 aromatic carbocycles. The van der Waals surface area contributed by atoms with E-state index in [0.717, 1.165) is 17.9 Å². The molecule has 0 aliphatic rings. The van der Waals surface area contributed by atoms with Gasteiger partial charge in [0, 0.05) is 23.4 Å². The first kappa shape index (κ1) is 12.0. The van der Waals surface area contributed by atoms with Crippen LogP contribution in [0, 0.1) is 0 Å². The van der Waals surface area contributed by atoms with E-state index in [2.05, 4.69) is 39.7 Å². The number of pyridine rings is 1. The number of aromatic nitrogens is 3. The van der Waals surface area contributed by atoms with Gasteiger partial charge in [-0.2, -0.15) is 4.98 Å². The van der Waals surface area contributed by atoms with Crippen molar-refractivity contribution in [2.45, 2.75) is 4.90 Å². The standard InChI is InChI=1S/C14H14N4S/c1-2-6-12(7-3-1)19-11-9-15-14-16-13-8-4-5-10-18(13)17-14/h1-8,10H,9,11H2,(H,15,17). The van der Waals surface area contributed by atoms with E-state index in [-0.39, 0.29) is 0 Å². The van der Waals surface area contributed by atoms with Crippen molar-refractivity contribution in [3.05, 3.63) is 54.7 Å². The van der Waals surface area contributed by atoms with Gasteiger partial charge < -0.3 is 5.32 Å². The second-order valence-electron chi connectivity index (χ2n) is 4.03. The summed E-state index contributed by atoms with van der Waals surface area (Å²) in [5.41, 5.74) is 0.862. The topological polar surface area (TPSA) is 42.2 Å². The molecule has 2 aromatic heterocycles. The molecule has 0 fully saturated rings. The van der Waals surface area contributed by atoms with Crippen LogP contribution in [0.15, 0.2) is 59.6 Å². The van der Waals surface area contributed by atoms with Crippen LogP contribution in [0.2, 0.25) is 0 Å². The number of anilines is 1. The highest BCUT2D eigenvalue weighted by molar-refractivity contribution is 7.99. The van der Waals surface area contributed by atoms with Crippen LogP contribution in [0.3, 0.4) is 0 Å². The van der Waals surface area contributed by atoms with Gasteiger partial charge in [0.15, 0.2) is 5.65 Å². The minimum absolute atomic E-state index is 0.680. The van der Waals surface area contributed by atoms with E-state index in [0.29, 0.717) is 5.95 Å². The summed E-state index contributed by atoms with van der Waals surface area (Å²) in [5, 5.41) is 7.58. The minimum atomic E-state index is 0.680. The maximum absolute atomic E-state index is 4.39. The predicted octanol–water partition coefficient (Wildman–Crippen LogP) is 2.93. The van der Waals surface area contributed by atoms with Crippen molar-refractivity contribution in [3.63, 3.8) is 0 Å². The summed E-state index contributed by atoms with van der Waals surface area (Å²) >= 11 is 1.82. The molecule has 0 atom stereocenters. The first-order chi connectivity index (χ1) is 9.42. The molecule has 2 heterocycles. The van der Waals surface area contributed by atoms with Crippen LogP contribution in [0.4, 0.5) is 5.95 Å². The number of hydrogen-bond donors (Lipinski definition) is 1. The van der Waals surface area contributed by atoms with Crippen LogP contribution in [0.25, 0.3) is 5.65 Å². The second-order valence-corrected chi connectivity index (χ2v) is 5.20. The van der Waals surface area contributed by atoms with Crippen molar-refractivity contribution < 1.29 is 0 Å². The third-order valence-electron chi connectivity index (χ3n) is 2.64. The lowest BCUT2D eigenvalue weighted by Crippen LogP contribution is -2.05. The molecule has 0 radical (unpaired) electrons. The van der Waals surface area contributed by atoms with Gasteiger partial charge in [-0.25, -0.2) is 4.52 Å². The van der Waals surface area contributed by atoms with Crippen molar-refractivity contribution in [1.82, 2.24) is 14.6 Å². The summed E-state index contributed by atoms with van der Waals surface area (Å²) in [7, 11) is 0. The molecule has 0 amide bonds. The molecule has 3 rings (SSSR count). The lowest BCUT2D eigenvalue weighted by atomic mass is 10.4. The number of thioether (sulfide) groups is 1. The van der Waals surface area contributed by atoms with Gasteiger partial charge >= 0.3 is 0 Å². The van der Waals surface area contributed by atoms with Crippen molar-refractivity contribution in [2.24, 2.45) is 0 Å². The van der Waals surface area contributed by atoms with Gasteiger partial charge in [-0.3, -0.25) is 0 Å². The Kier molecular flexibility index (Phi) is 3.65. The highest BCUT2D eigenvalue weighted by Gasteiger charge is 2.01. The quantitative estimate of drug-likeness (QED) is 0.572. The van der Waals surface area contributed by atoms with Gasteiger partial charge in [0.05, 0.1) is 0 Å². The van der Waals surface area contributed by atoms with E-state index in [4.69, 9.17) is 0 Å². The SMILES string of the molecule is c1ccc(SCCNc2nc3ccccn3n2)cc1. The molecular formula is C14H14N4S. The van der Waals surface area contributed by atoms with E-state index >= 15 is 0 Å². The normalized spacial score (nSPS) is 10.7. The van der Waals surface area contributed by atoms with E-state index in [1.807, 2.05) is 42.2 Å². The number of rotatable bonds is 5. The number of benzene rings is 1. The third-order valence-corrected chi connectivity index (χ3v) is 3.65. The molecule has 5 heteroatoms. The molecule has 0 unspecified atom stereocenters. The fourth-order valence-electron chi connectivity index (χ4n) is 1.75. The highest BCUT2D eigenvalue weighted by Crippen LogP contribution is 2.16. The number of hydrogen-bond acceptors (Lipinski definition) is 4. The summed E-state index contributed by atoms with van der Waals surface area (Å²) < 4.78 is 1.77. The maximum Gasteiger partial charge on any atom is 0.243 e. The summed E-state index contributed by atoms with van der Waals surface area (Å²) in [4.78, 5) is 5.67. The summed E-state index contributed by atoms with van der Waals surface area (Å²) in [5.74, 6) is 1.67. The first-order valence-corrected chi connectivity index (χ1v) is 7.13. The van der Waals surface area contributed by atoms with Crippen LogP contribution >= 0.6 is 11.8 Å². The molecule has 0 saturated carbocycles. The van der Waals surface area contributed by atoms with E-state index in [1.165, 1.54) is 4.90 Å². The maximum atomic E-state index is 4.39. The van der Waals surface area contributed by atoms with Crippen molar-refractivity contribution in [3.8, 4) is 0 Å². The fourth-order valence-corrected chi connectivity index (χ4v) is 2.54. The zero-order valence-corrected chi connectivity index (χ0v) is 11.2. The first-order valence-electron chi connectivity index (χ1n) is 6.15. The summed E-state index contributed by atoms with van der Waals surface area (Å²) in [6, 6.07) is 16.2. The molecule has 1 N–H and O–H groups in total. The average Bonchev–Trinajstić information content (AvgIpc) is 2.87. The Morgan fingerprint density at radius 1 is 1.05 bits per heavy atom. The Morgan fingerprint density at radius 2 is 1.89 bits per heavy atom. The smallest absolute Gasteiger partial charge is 0.243 e. The second kappa shape index (κ2) is 5.75. The zero-order valence-electron chi connectivity index (χ0n) is 10.4. The zero-order chi connectivity index (χ0) is 12.9. The molecule has 96 valence electrons. The van der Waals surface area contributed by atoms with Gasteiger partial charge in [0.1, 0.15) is 0 Å². The minimum Gasteiger partial charge on any atom is -0.352 e. The summed E-state index contributed by atoms with van der Waals surface area (Å²) in [6.45, 7) is 0.844. The largest absolute Gasteiger partial charge is 0.352 e. The number of fused-ring (bicyclic) bond motifs is 1. The van der Waals surface area contributed by atoms with E-state index in [1.54, 1.807) is 4.52 Å². The Bertz CT molecular complexity index is 618. The van der Waals surface area contributed by atoms with Gasteiger partial charge in [-0.1, -0.05) is 24.3 Å². The number of nitrogens with zero attached hydrogens (tertiary/aromatic N) is 3. The summed E-state index contributed by atoms with van der Waals surface area (Å²) in [6.07, 6.45) is 1.90. The van der Waals surface area contributed by atoms with Crippen LogP contribution < -0.4 is 5.32 Å². The Balaban J connectivity index is 1.52. The Labute approximate surface area is 115 Å². The lowest BCUT2D eigenvalue weighted by molar-refractivity contribution is 0.956. The van der Waals surface area contributed by atoms with Crippen molar-refractivity contribution in [2.75, 3.05) is 17.6 Å². The monoisotopic (exact) mass is 270 g/mol. The Morgan fingerprint density at radius 3 is 2.74 bits per heavy atom. The van der Waals surface area contributed by atoms with Crippen LogP contribution in [0.5, 0.6) is 0 Å². The third kappa shape index (κ3) is 3.06. The van der Waals surface area contributed by atoms with E-state index in [9.17, 15) is 0 Å². The molecule has 0 saturated heterocycles. The molecule has 19 heavy (non-hydrogen) atoms. The van der Waals surface area contributed by atoms with Gasteiger partial charge in [0.25, 0.3) is 0 Å². The average molecular weight is 270 g/mol. The number of nitrogens with one attached hydrogen (secondary N) is 1. The Hall–Kier alpha value is -2.01. The molecule has 0 aliphatic carbocycles. The molecule has 3 aromatic rings. The highest BCUT2D eigenvalue weighted by atomic mass is 32.2. The molecule has 0 aliphatic heterocycles. The van der Waals surface area contributed by atoms with Crippen LogP contribution in [-0.4, -0.2) is 26.9 Å². The van der Waals surface area contributed by atoms with E-state index < -0.39 is 0 Å². The van der Waals surface area contributed by atoms with Gasteiger partial charge in [-0.05, 0) is 24.3 Å². The molecule has 0 spiro atoms. The molecular weight excluding hydrogens is 256 g/mol. The van der Waals surface area contributed by atoms with Gasteiger partial charge in [0.2, 0.25) is 5.95 Å². The fraction of sp³-hybridized carbons (Fsp3) is 0.143. The molecule has 0 bridgehead atoms. The van der Waals surface area contributed by atoms with Crippen molar-refractivity contribution >= 4 is 23.4 Å². The van der Waals surface area contributed by atoms with Crippen LogP contribution in [-0.2, 0) is 0 Å². The molecule has 4 nitrogen and oxygen atoms in total. The predicted molar refractivity (Wildman–Crippen MR) is 78.6 cm³/mol. The van der Waals surface area contributed by atoms with Gasteiger partial charge in [-0.15, -0.1) is 16.9 Å². The van der Waals surface area contributed by atoms with Crippen LogP contribution in [0.1, 0.15) is 0 Å². The lowest BCUT2D eigenvalue weighted by Gasteiger charge is -2.01.